The molecule has 1 amide bonds. The number of likely N-dealkylation sites (tertiary alicyclic amines) is 1. The zero-order valence-electron chi connectivity index (χ0n) is 12.3. The van der Waals surface area contributed by atoms with Gasteiger partial charge >= 0.3 is 11.7 Å². The summed E-state index contributed by atoms with van der Waals surface area (Å²) in [7, 11) is 0. The summed E-state index contributed by atoms with van der Waals surface area (Å²) < 4.78 is 0. The highest BCUT2D eigenvalue weighted by Crippen LogP contribution is 2.24. The minimum atomic E-state index is -1.06. The lowest BCUT2D eigenvalue weighted by Gasteiger charge is -2.31. The summed E-state index contributed by atoms with van der Waals surface area (Å²) in [4.78, 5) is 39.1. The fourth-order valence-corrected chi connectivity index (χ4v) is 2.83. The number of nitrogens with zero attached hydrogens (tertiary/aromatic N) is 2. The van der Waals surface area contributed by atoms with E-state index in [2.05, 4.69) is 15.2 Å². The molecular formula is C15H16N4O4. The van der Waals surface area contributed by atoms with Crippen molar-refractivity contribution in [3.63, 3.8) is 0 Å². The van der Waals surface area contributed by atoms with E-state index in [1.54, 1.807) is 17.0 Å². The first kappa shape index (κ1) is 15.0. The van der Waals surface area contributed by atoms with Crippen molar-refractivity contribution in [1.29, 1.82) is 0 Å². The van der Waals surface area contributed by atoms with E-state index in [1.807, 2.05) is 0 Å². The van der Waals surface area contributed by atoms with E-state index in [0.717, 1.165) is 12.8 Å². The molecule has 1 saturated heterocycles. The van der Waals surface area contributed by atoms with E-state index >= 15 is 0 Å². The van der Waals surface area contributed by atoms with Gasteiger partial charge in [0.2, 0.25) is 0 Å². The highest BCUT2D eigenvalue weighted by molar-refractivity contribution is 5.97. The Kier molecular flexibility index (Phi) is 3.96. The number of benzene rings is 1. The predicted octanol–water partition coefficient (Wildman–Crippen LogP) is 0.816. The van der Waals surface area contributed by atoms with Gasteiger partial charge in [0, 0.05) is 24.6 Å². The molecule has 23 heavy (non-hydrogen) atoms. The number of aromatic amines is 2. The van der Waals surface area contributed by atoms with Gasteiger partial charge in [0.25, 0.3) is 5.91 Å². The molecule has 8 heteroatoms. The predicted molar refractivity (Wildman–Crippen MR) is 80.5 cm³/mol. The number of carboxylic acids is 1. The zero-order chi connectivity index (χ0) is 16.4. The number of carboxylic acid groups (broad SMARTS) is 1. The van der Waals surface area contributed by atoms with E-state index in [-0.39, 0.29) is 23.1 Å². The van der Waals surface area contributed by atoms with Gasteiger partial charge < -0.3 is 10.0 Å². The molecule has 120 valence electrons. The first-order valence-electron chi connectivity index (χ1n) is 7.32. The summed E-state index contributed by atoms with van der Waals surface area (Å²) >= 11 is 0. The third-order valence-electron chi connectivity index (χ3n) is 3.97. The Hall–Kier alpha value is -2.90. The van der Waals surface area contributed by atoms with Gasteiger partial charge in [-0.2, -0.15) is 5.10 Å². The number of amides is 1. The van der Waals surface area contributed by atoms with Gasteiger partial charge in [-0.05, 0) is 31.0 Å². The Balaban J connectivity index is 1.78. The summed E-state index contributed by atoms with van der Waals surface area (Å²) in [5.41, 5.74) is 0.0692. The lowest BCUT2D eigenvalue weighted by atomic mass is 9.96. The van der Waals surface area contributed by atoms with Crippen molar-refractivity contribution < 1.29 is 14.7 Å². The molecule has 0 bridgehead atoms. The lowest BCUT2D eigenvalue weighted by Crippen LogP contribution is -2.39. The lowest BCUT2D eigenvalue weighted by molar-refractivity contribution is 0.0697. The Morgan fingerprint density at radius 1 is 1.30 bits per heavy atom. The number of nitrogens with one attached hydrogen (secondary N) is 2. The van der Waals surface area contributed by atoms with Gasteiger partial charge in [-0.3, -0.25) is 9.78 Å². The summed E-state index contributed by atoms with van der Waals surface area (Å²) in [6.45, 7) is 1.04. The quantitative estimate of drug-likeness (QED) is 0.774. The van der Waals surface area contributed by atoms with Gasteiger partial charge in [0.05, 0.1) is 5.56 Å². The van der Waals surface area contributed by atoms with Crippen LogP contribution < -0.4 is 5.69 Å². The number of rotatable bonds is 3. The molecule has 0 radical (unpaired) electrons. The second kappa shape index (κ2) is 6.07. The number of piperidine rings is 1. The molecule has 1 unspecified atom stereocenters. The third-order valence-corrected chi connectivity index (χ3v) is 3.97. The molecule has 1 fully saturated rings. The summed E-state index contributed by atoms with van der Waals surface area (Å²) in [6.07, 6.45) is 1.63. The maximum atomic E-state index is 12.6. The maximum absolute atomic E-state index is 12.6. The summed E-state index contributed by atoms with van der Waals surface area (Å²) in [6, 6.07) is 6.00. The maximum Gasteiger partial charge on any atom is 0.340 e. The molecule has 0 aliphatic carbocycles. The van der Waals surface area contributed by atoms with Crippen LogP contribution >= 0.6 is 0 Å². The number of hydrogen-bond donors (Lipinski definition) is 3. The number of carbonyl (C=O) groups is 2. The van der Waals surface area contributed by atoms with Crippen LogP contribution in [-0.2, 0) is 0 Å². The average molecular weight is 316 g/mol. The highest BCUT2D eigenvalue weighted by Gasteiger charge is 2.27. The van der Waals surface area contributed by atoms with E-state index in [1.165, 1.54) is 12.1 Å². The molecule has 3 rings (SSSR count). The molecule has 1 aliphatic rings. The summed E-state index contributed by atoms with van der Waals surface area (Å²) in [5, 5.41) is 15.3. The van der Waals surface area contributed by atoms with Crippen LogP contribution in [0.15, 0.2) is 29.1 Å². The largest absolute Gasteiger partial charge is 0.478 e. The number of hydrogen-bond acceptors (Lipinski definition) is 4. The van der Waals surface area contributed by atoms with E-state index in [4.69, 9.17) is 5.11 Å². The van der Waals surface area contributed by atoms with Crippen molar-refractivity contribution in [2.45, 2.75) is 18.8 Å². The Morgan fingerprint density at radius 2 is 2.09 bits per heavy atom. The van der Waals surface area contributed by atoms with Crippen LogP contribution in [0.3, 0.4) is 0 Å². The van der Waals surface area contributed by atoms with Crippen LogP contribution in [0.1, 0.15) is 45.3 Å². The van der Waals surface area contributed by atoms with Crippen LogP contribution in [0.2, 0.25) is 0 Å². The van der Waals surface area contributed by atoms with Gasteiger partial charge in [0.15, 0.2) is 0 Å². The smallest absolute Gasteiger partial charge is 0.340 e. The molecule has 0 spiro atoms. The van der Waals surface area contributed by atoms with E-state index in [9.17, 15) is 14.4 Å². The minimum absolute atomic E-state index is 0.0330. The highest BCUT2D eigenvalue weighted by atomic mass is 16.4. The van der Waals surface area contributed by atoms with Gasteiger partial charge in [-0.25, -0.2) is 14.7 Å². The molecular weight excluding hydrogens is 300 g/mol. The second-order valence-corrected chi connectivity index (χ2v) is 5.54. The molecule has 2 heterocycles. The van der Waals surface area contributed by atoms with Crippen LogP contribution in [0.25, 0.3) is 0 Å². The topological polar surface area (TPSA) is 119 Å². The number of H-pyrrole nitrogens is 2. The standard InChI is InChI=1S/C15H16N4O4/c20-13(9-3-1-4-10(7-9)14(21)22)19-6-2-5-11(8-19)12-16-15(23)18-17-12/h1,3-4,7,11H,2,5-6,8H2,(H,21,22)(H2,16,17,18,23). The monoisotopic (exact) mass is 316 g/mol. The van der Waals surface area contributed by atoms with Crippen molar-refractivity contribution in [2.24, 2.45) is 0 Å². The van der Waals surface area contributed by atoms with Crippen LogP contribution in [0.4, 0.5) is 0 Å². The van der Waals surface area contributed by atoms with Crippen molar-refractivity contribution >= 4 is 11.9 Å². The first-order chi connectivity index (χ1) is 11.0. The van der Waals surface area contributed by atoms with Crippen LogP contribution in [-0.4, -0.2) is 50.2 Å². The van der Waals surface area contributed by atoms with Crippen molar-refractivity contribution in [3.05, 3.63) is 51.7 Å². The third kappa shape index (κ3) is 3.15. The Bertz CT molecular complexity index is 795. The molecule has 8 nitrogen and oxygen atoms in total. The van der Waals surface area contributed by atoms with Crippen molar-refractivity contribution in [3.8, 4) is 0 Å². The molecule has 1 aromatic heterocycles. The number of carbonyl (C=O) groups excluding carboxylic acids is 1. The summed E-state index contributed by atoms with van der Waals surface area (Å²) in [5.74, 6) is -0.762. The number of aromatic nitrogens is 3. The molecule has 1 aliphatic heterocycles. The molecule has 0 saturated carbocycles. The second-order valence-electron chi connectivity index (χ2n) is 5.54. The van der Waals surface area contributed by atoms with Crippen LogP contribution in [0.5, 0.6) is 0 Å². The number of aromatic carboxylic acids is 1. The van der Waals surface area contributed by atoms with Crippen molar-refractivity contribution in [1.82, 2.24) is 20.1 Å². The fraction of sp³-hybridized carbons (Fsp3) is 0.333. The van der Waals surface area contributed by atoms with E-state index < -0.39 is 5.97 Å². The Morgan fingerprint density at radius 3 is 2.78 bits per heavy atom. The average Bonchev–Trinajstić information content (AvgIpc) is 3.01. The molecule has 3 N–H and O–H groups in total. The first-order valence-corrected chi connectivity index (χ1v) is 7.32. The molecule has 1 aromatic carbocycles. The van der Waals surface area contributed by atoms with Crippen LogP contribution in [0, 0.1) is 0 Å². The fourth-order valence-electron chi connectivity index (χ4n) is 2.83. The Labute approximate surface area is 131 Å². The normalized spacial score (nSPS) is 17.9. The van der Waals surface area contributed by atoms with Crippen molar-refractivity contribution in [2.75, 3.05) is 13.1 Å². The zero-order valence-corrected chi connectivity index (χ0v) is 12.3. The SMILES string of the molecule is O=C(O)c1cccc(C(=O)N2CCCC(c3n[nH]c(=O)[nH]3)C2)c1. The van der Waals surface area contributed by atoms with Gasteiger partial charge in [0.1, 0.15) is 5.82 Å². The van der Waals surface area contributed by atoms with E-state index in [0.29, 0.717) is 24.5 Å². The molecule has 1 atom stereocenters. The van der Waals surface area contributed by atoms with Gasteiger partial charge in [-0.1, -0.05) is 6.07 Å². The minimum Gasteiger partial charge on any atom is -0.478 e. The molecule has 2 aromatic rings. The van der Waals surface area contributed by atoms with Gasteiger partial charge in [-0.15, -0.1) is 0 Å².